The lowest BCUT2D eigenvalue weighted by Gasteiger charge is -2.29. The number of hydrogen-bond donors (Lipinski definition) is 1. The molecule has 1 aliphatic carbocycles. The van der Waals surface area contributed by atoms with Crippen LogP contribution in [0.4, 0.5) is 0 Å². The molecule has 0 saturated heterocycles. The van der Waals surface area contributed by atoms with Gasteiger partial charge in [-0.1, -0.05) is 6.08 Å². The Labute approximate surface area is 94.3 Å². The van der Waals surface area contributed by atoms with Gasteiger partial charge in [0.1, 0.15) is 5.92 Å². The van der Waals surface area contributed by atoms with Crippen molar-refractivity contribution >= 4 is 30.0 Å². The molecule has 0 aliphatic heterocycles. The number of hydrogen-bond acceptors (Lipinski definition) is 4. The second kappa shape index (κ2) is 3.93. The molecule has 0 aromatic rings. The summed E-state index contributed by atoms with van der Waals surface area (Å²) in [6.07, 6.45) is 1.62. The Hall–Kier alpha value is -0.900. The van der Waals surface area contributed by atoms with Gasteiger partial charge in [-0.15, -0.1) is 0 Å². The Morgan fingerprint density at radius 3 is 2.47 bits per heavy atom. The zero-order chi connectivity index (χ0) is 11.8. The van der Waals surface area contributed by atoms with Crippen molar-refractivity contribution in [3.05, 3.63) is 11.6 Å². The van der Waals surface area contributed by atoms with Crippen LogP contribution in [0, 0.1) is 11.3 Å². The smallest absolute Gasteiger partial charge is 0.176 e. The van der Waals surface area contributed by atoms with Crippen LogP contribution in [0.1, 0.15) is 20.8 Å². The van der Waals surface area contributed by atoms with Gasteiger partial charge < -0.3 is 0 Å². The van der Waals surface area contributed by atoms with Crippen molar-refractivity contribution in [1.82, 2.24) is 0 Å². The van der Waals surface area contributed by atoms with Crippen LogP contribution < -0.4 is 0 Å². The van der Waals surface area contributed by atoms with Gasteiger partial charge in [-0.05, 0) is 26.3 Å². The number of thiol groups is 1. The molecule has 3 nitrogen and oxygen atoms in total. The minimum Gasteiger partial charge on any atom is -0.297 e. The molecule has 82 valence electrons. The molecule has 0 radical (unpaired) electrons. The summed E-state index contributed by atoms with van der Waals surface area (Å²) in [4.78, 5) is 35.0. The molecule has 1 aliphatic rings. The quantitative estimate of drug-likeness (QED) is 0.569. The van der Waals surface area contributed by atoms with E-state index < -0.39 is 17.1 Å². The van der Waals surface area contributed by atoms with Gasteiger partial charge in [0.25, 0.3) is 0 Å². The van der Waals surface area contributed by atoms with E-state index in [-0.39, 0.29) is 17.3 Å². The molecule has 1 atom stereocenters. The van der Waals surface area contributed by atoms with Crippen LogP contribution in [0.15, 0.2) is 11.6 Å². The highest BCUT2D eigenvalue weighted by Gasteiger charge is 2.44. The van der Waals surface area contributed by atoms with E-state index in [4.69, 9.17) is 0 Å². The maximum atomic E-state index is 11.9. The zero-order valence-corrected chi connectivity index (χ0v) is 9.93. The number of Topliss-reactive ketones (excluding diaryl/α,β-unsaturated/α-hetero) is 3. The molecule has 0 heterocycles. The monoisotopic (exact) mass is 226 g/mol. The molecule has 0 amide bonds. The highest BCUT2D eigenvalue weighted by atomic mass is 32.1. The fourth-order valence-corrected chi connectivity index (χ4v) is 1.97. The predicted molar refractivity (Wildman–Crippen MR) is 59.9 cm³/mol. The van der Waals surface area contributed by atoms with E-state index in [1.165, 1.54) is 0 Å². The van der Waals surface area contributed by atoms with Crippen LogP contribution in [0.5, 0.6) is 0 Å². The Morgan fingerprint density at radius 1 is 1.47 bits per heavy atom. The van der Waals surface area contributed by atoms with Gasteiger partial charge in [-0.25, -0.2) is 0 Å². The SMILES string of the molecule is CC1=CC(C)(C)C(=O)C(C(=O)CS)C1=O. The van der Waals surface area contributed by atoms with E-state index in [0.717, 1.165) is 0 Å². The molecule has 0 bridgehead atoms. The highest BCUT2D eigenvalue weighted by molar-refractivity contribution is 7.81. The molecule has 0 saturated carbocycles. The lowest BCUT2D eigenvalue weighted by molar-refractivity contribution is -0.141. The molecular formula is C11H14O3S. The van der Waals surface area contributed by atoms with Crippen molar-refractivity contribution in [3.8, 4) is 0 Å². The van der Waals surface area contributed by atoms with Crippen molar-refractivity contribution in [2.75, 3.05) is 5.75 Å². The lowest BCUT2D eigenvalue weighted by Crippen LogP contribution is -2.44. The first-order chi connectivity index (χ1) is 6.81. The Bertz CT molecular complexity index is 366. The van der Waals surface area contributed by atoms with E-state index in [2.05, 4.69) is 12.6 Å². The predicted octanol–water partition coefficient (Wildman–Crippen LogP) is 1.23. The third-order valence-corrected chi connectivity index (χ3v) is 2.91. The van der Waals surface area contributed by atoms with Gasteiger partial charge in [0, 0.05) is 5.41 Å². The number of carbonyl (C=O) groups is 3. The van der Waals surface area contributed by atoms with Crippen molar-refractivity contribution in [3.63, 3.8) is 0 Å². The Kier molecular flexibility index (Phi) is 3.19. The number of allylic oxidation sites excluding steroid dienone is 2. The van der Waals surface area contributed by atoms with Crippen LogP contribution in [-0.4, -0.2) is 23.1 Å². The van der Waals surface area contributed by atoms with Crippen molar-refractivity contribution in [2.24, 2.45) is 11.3 Å². The molecular weight excluding hydrogens is 212 g/mol. The number of carbonyl (C=O) groups excluding carboxylic acids is 3. The van der Waals surface area contributed by atoms with Gasteiger partial charge >= 0.3 is 0 Å². The Morgan fingerprint density at radius 2 is 2.00 bits per heavy atom. The number of ketones is 3. The summed E-state index contributed by atoms with van der Waals surface area (Å²) in [5.74, 6) is -2.32. The van der Waals surface area contributed by atoms with Gasteiger partial charge in [0.2, 0.25) is 0 Å². The summed E-state index contributed by atoms with van der Waals surface area (Å²) in [5.41, 5.74) is -0.249. The molecule has 0 N–H and O–H groups in total. The standard InChI is InChI=1S/C11H14O3S/c1-6-4-11(2,3)10(14)8(9(6)13)7(12)5-15/h4,8,15H,5H2,1-3H3. The normalized spacial score (nSPS) is 25.1. The second-order valence-electron chi connectivity index (χ2n) is 4.33. The average Bonchev–Trinajstić information content (AvgIpc) is 2.14. The topological polar surface area (TPSA) is 51.2 Å². The first-order valence-corrected chi connectivity index (χ1v) is 5.36. The van der Waals surface area contributed by atoms with Crippen molar-refractivity contribution in [1.29, 1.82) is 0 Å². The molecule has 0 spiro atoms. The van der Waals surface area contributed by atoms with Gasteiger partial charge in [0.05, 0.1) is 5.75 Å². The van der Waals surface area contributed by atoms with Crippen LogP contribution >= 0.6 is 12.6 Å². The second-order valence-corrected chi connectivity index (χ2v) is 4.65. The first-order valence-electron chi connectivity index (χ1n) is 4.73. The zero-order valence-electron chi connectivity index (χ0n) is 9.03. The van der Waals surface area contributed by atoms with Crippen molar-refractivity contribution in [2.45, 2.75) is 20.8 Å². The molecule has 15 heavy (non-hydrogen) atoms. The molecule has 0 aromatic carbocycles. The van der Waals surface area contributed by atoms with E-state index in [9.17, 15) is 14.4 Å². The van der Waals surface area contributed by atoms with E-state index in [1.807, 2.05) is 0 Å². The average molecular weight is 226 g/mol. The summed E-state index contributed by atoms with van der Waals surface area (Å²) in [6.45, 7) is 5.06. The fourth-order valence-electron chi connectivity index (χ4n) is 1.79. The third kappa shape index (κ3) is 2.04. The molecule has 4 heteroatoms. The van der Waals surface area contributed by atoms with Gasteiger partial charge in [-0.2, -0.15) is 12.6 Å². The maximum absolute atomic E-state index is 11.9. The molecule has 0 aromatic heterocycles. The van der Waals surface area contributed by atoms with E-state index in [1.54, 1.807) is 26.8 Å². The van der Waals surface area contributed by atoms with Crippen molar-refractivity contribution < 1.29 is 14.4 Å². The minimum absolute atomic E-state index is 0.0779. The maximum Gasteiger partial charge on any atom is 0.176 e. The first kappa shape index (κ1) is 12.2. The summed E-state index contributed by atoms with van der Waals surface area (Å²) < 4.78 is 0. The molecule has 0 fully saturated rings. The molecule has 1 unspecified atom stereocenters. The van der Waals surface area contributed by atoms with E-state index in [0.29, 0.717) is 5.57 Å². The van der Waals surface area contributed by atoms with Crippen LogP contribution in [-0.2, 0) is 14.4 Å². The fraction of sp³-hybridized carbons (Fsp3) is 0.545. The van der Waals surface area contributed by atoms with Crippen LogP contribution in [0.3, 0.4) is 0 Å². The molecule has 1 rings (SSSR count). The summed E-state index contributed by atoms with van der Waals surface area (Å²) in [5, 5.41) is 0. The Balaban J connectivity index is 3.21. The summed E-state index contributed by atoms with van der Waals surface area (Å²) >= 11 is 3.82. The lowest BCUT2D eigenvalue weighted by atomic mass is 9.71. The van der Waals surface area contributed by atoms with Gasteiger partial charge in [-0.3, -0.25) is 14.4 Å². The summed E-state index contributed by atoms with van der Waals surface area (Å²) in [7, 11) is 0. The van der Waals surface area contributed by atoms with Crippen LogP contribution in [0.2, 0.25) is 0 Å². The van der Waals surface area contributed by atoms with Crippen LogP contribution in [0.25, 0.3) is 0 Å². The highest BCUT2D eigenvalue weighted by Crippen LogP contribution is 2.32. The van der Waals surface area contributed by atoms with E-state index >= 15 is 0 Å². The largest absolute Gasteiger partial charge is 0.297 e. The summed E-state index contributed by atoms with van der Waals surface area (Å²) in [6, 6.07) is 0. The number of rotatable bonds is 2. The minimum atomic E-state index is -1.14. The third-order valence-electron chi connectivity index (χ3n) is 2.60. The van der Waals surface area contributed by atoms with Gasteiger partial charge in [0.15, 0.2) is 17.3 Å².